The third-order valence-electron chi connectivity index (χ3n) is 4.07. The molecule has 23 heavy (non-hydrogen) atoms. The van der Waals surface area contributed by atoms with Gasteiger partial charge in [-0.3, -0.25) is 9.59 Å². The molecule has 0 heterocycles. The monoisotopic (exact) mass is 318 g/mol. The predicted molar refractivity (Wildman–Crippen MR) is 94.0 cm³/mol. The van der Waals surface area contributed by atoms with E-state index in [1.54, 1.807) is 11.8 Å². The molecule has 4 heteroatoms. The number of nitrogens with one attached hydrogen (secondary N) is 1. The second kappa shape index (κ2) is 9.33. The van der Waals surface area contributed by atoms with Crippen molar-refractivity contribution in [2.75, 3.05) is 0 Å². The summed E-state index contributed by atoms with van der Waals surface area (Å²) in [6.45, 7) is 10.3. The zero-order valence-corrected chi connectivity index (χ0v) is 15.1. The largest absolute Gasteiger partial charge is 0.352 e. The fourth-order valence-corrected chi connectivity index (χ4v) is 2.41. The minimum absolute atomic E-state index is 0.0285. The zero-order chi connectivity index (χ0) is 17.4. The number of carbonyl (C=O) groups is 2. The summed E-state index contributed by atoms with van der Waals surface area (Å²) in [5.74, 6) is -0.0581. The van der Waals surface area contributed by atoms with E-state index in [0.717, 1.165) is 24.0 Å². The highest BCUT2D eigenvalue weighted by Gasteiger charge is 2.26. The average Bonchev–Trinajstić information content (AvgIpc) is 2.52. The van der Waals surface area contributed by atoms with Gasteiger partial charge in [0, 0.05) is 19.0 Å². The number of carbonyl (C=O) groups excluding carboxylic acids is 2. The zero-order valence-electron chi connectivity index (χ0n) is 15.1. The number of rotatable bonds is 8. The van der Waals surface area contributed by atoms with Gasteiger partial charge in [0.1, 0.15) is 6.04 Å². The van der Waals surface area contributed by atoms with Crippen LogP contribution in [0, 0.1) is 6.92 Å². The Morgan fingerprint density at radius 2 is 1.91 bits per heavy atom. The van der Waals surface area contributed by atoms with Crippen LogP contribution in [0.5, 0.6) is 0 Å². The molecule has 0 radical (unpaired) electrons. The van der Waals surface area contributed by atoms with E-state index in [1.807, 2.05) is 45.9 Å². The molecule has 0 aliphatic carbocycles. The maximum atomic E-state index is 12.5. The highest BCUT2D eigenvalue weighted by Crippen LogP contribution is 2.13. The van der Waals surface area contributed by atoms with Gasteiger partial charge in [0.2, 0.25) is 11.8 Å². The Hall–Kier alpha value is -1.84. The van der Waals surface area contributed by atoms with E-state index in [1.165, 1.54) is 0 Å². The Bertz CT molecular complexity index is 528. The van der Waals surface area contributed by atoms with Crippen molar-refractivity contribution in [3.8, 4) is 0 Å². The molecule has 0 spiro atoms. The van der Waals surface area contributed by atoms with Crippen LogP contribution in [-0.4, -0.2) is 28.8 Å². The van der Waals surface area contributed by atoms with Crippen LogP contribution in [0.4, 0.5) is 0 Å². The lowest BCUT2D eigenvalue weighted by Crippen LogP contribution is -2.49. The van der Waals surface area contributed by atoms with Gasteiger partial charge < -0.3 is 10.2 Å². The lowest BCUT2D eigenvalue weighted by molar-refractivity contribution is -0.140. The van der Waals surface area contributed by atoms with Crippen molar-refractivity contribution in [2.45, 2.75) is 72.5 Å². The van der Waals surface area contributed by atoms with Gasteiger partial charge in [-0.05, 0) is 39.2 Å². The molecule has 2 amide bonds. The van der Waals surface area contributed by atoms with Gasteiger partial charge in [0.05, 0.1) is 0 Å². The molecule has 0 aliphatic heterocycles. The highest BCUT2D eigenvalue weighted by molar-refractivity contribution is 5.87. The normalized spacial score (nSPS) is 13.3. The van der Waals surface area contributed by atoms with E-state index in [2.05, 4.69) is 11.4 Å². The molecule has 2 unspecified atom stereocenters. The standard InChI is InChI=1S/C19H30N2O2/c1-6-9-18(22)21(13-17-11-8-10-14(3)12-17)16(5)19(23)20-15(4)7-2/h8,10-12,15-16H,6-7,9,13H2,1-5H3,(H,20,23). The minimum Gasteiger partial charge on any atom is -0.352 e. The van der Waals surface area contributed by atoms with Crippen LogP contribution < -0.4 is 5.32 Å². The van der Waals surface area contributed by atoms with Gasteiger partial charge >= 0.3 is 0 Å². The molecular formula is C19H30N2O2. The molecule has 0 saturated heterocycles. The smallest absolute Gasteiger partial charge is 0.242 e. The Labute approximate surface area is 140 Å². The van der Waals surface area contributed by atoms with E-state index in [9.17, 15) is 9.59 Å². The van der Waals surface area contributed by atoms with Crippen LogP contribution in [-0.2, 0) is 16.1 Å². The molecule has 0 aliphatic rings. The summed E-state index contributed by atoms with van der Waals surface area (Å²) in [6.07, 6.45) is 2.12. The molecule has 1 aromatic rings. The van der Waals surface area contributed by atoms with Gasteiger partial charge in [-0.25, -0.2) is 0 Å². The summed E-state index contributed by atoms with van der Waals surface area (Å²) < 4.78 is 0. The summed E-state index contributed by atoms with van der Waals surface area (Å²) in [6, 6.07) is 7.72. The fourth-order valence-electron chi connectivity index (χ4n) is 2.41. The van der Waals surface area contributed by atoms with Crippen molar-refractivity contribution < 1.29 is 9.59 Å². The Kier molecular flexibility index (Phi) is 7.79. The van der Waals surface area contributed by atoms with E-state index in [-0.39, 0.29) is 17.9 Å². The molecule has 1 rings (SSSR count). The summed E-state index contributed by atoms with van der Waals surface area (Å²) in [5.41, 5.74) is 2.21. The number of amides is 2. The SMILES string of the molecule is CCCC(=O)N(Cc1cccc(C)c1)C(C)C(=O)NC(C)CC. The first kappa shape index (κ1) is 19.2. The molecule has 0 fully saturated rings. The molecule has 1 N–H and O–H groups in total. The van der Waals surface area contributed by atoms with Gasteiger partial charge in [-0.15, -0.1) is 0 Å². The first-order chi connectivity index (χ1) is 10.9. The van der Waals surface area contributed by atoms with Crippen molar-refractivity contribution in [2.24, 2.45) is 0 Å². The second-order valence-electron chi connectivity index (χ2n) is 6.25. The van der Waals surface area contributed by atoms with Crippen LogP contribution in [0.3, 0.4) is 0 Å². The van der Waals surface area contributed by atoms with Crippen LogP contribution >= 0.6 is 0 Å². The topological polar surface area (TPSA) is 49.4 Å². The number of nitrogens with zero attached hydrogens (tertiary/aromatic N) is 1. The molecule has 4 nitrogen and oxygen atoms in total. The van der Waals surface area contributed by atoms with Crippen molar-refractivity contribution in [1.29, 1.82) is 0 Å². The summed E-state index contributed by atoms with van der Waals surface area (Å²) in [4.78, 5) is 26.6. The third-order valence-corrected chi connectivity index (χ3v) is 4.07. The highest BCUT2D eigenvalue weighted by atomic mass is 16.2. The van der Waals surface area contributed by atoms with Crippen molar-refractivity contribution in [3.05, 3.63) is 35.4 Å². The summed E-state index contributed by atoms with van der Waals surface area (Å²) >= 11 is 0. The maximum absolute atomic E-state index is 12.5. The second-order valence-corrected chi connectivity index (χ2v) is 6.25. The van der Waals surface area contributed by atoms with Crippen LogP contribution in [0.1, 0.15) is 58.1 Å². The van der Waals surface area contributed by atoms with Crippen molar-refractivity contribution >= 4 is 11.8 Å². The number of aryl methyl sites for hydroxylation is 1. The maximum Gasteiger partial charge on any atom is 0.242 e. The van der Waals surface area contributed by atoms with Crippen molar-refractivity contribution in [3.63, 3.8) is 0 Å². The Morgan fingerprint density at radius 3 is 2.48 bits per heavy atom. The molecule has 128 valence electrons. The number of hydrogen-bond acceptors (Lipinski definition) is 2. The fraction of sp³-hybridized carbons (Fsp3) is 0.579. The number of benzene rings is 1. The molecule has 1 aromatic carbocycles. The lowest BCUT2D eigenvalue weighted by atomic mass is 10.1. The van der Waals surface area contributed by atoms with E-state index in [4.69, 9.17) is 0 Å². The molecule has 2 atom stereocenters. The van der Waals surface area contributed by atoms with E-state index < -0.39 is 6.04 Å². The average molecular weight is 318 g/mol. The molecular weight excluding hydrogens is 288 g/mol. The quantitative estimate of drug-likeness (QED) is 0.798. The molecule has 0 aromatic heterocycles. The van der Waals surface area contributed by atoms with E-state index >= 15 is 0 Å². The molecule has 0 bridgehead atoms. The Morgan fingerprint density at radius 1 is 1.22 bits per heavy atom. The third kappa shape index (κ3) is 6.05. The van der Waals surface area contributed by atoms with E-state index in [0.29, 0.717) is 13.0 Å². The molecule has 0 saturated carbocycles. The predicted octanol–water partition coefficient (Wildman–Crippen LogP) is 3.43. The van der Waals surface area contributed by atoms with Crippen LogP contribution in [0.2, 0.25) is 0 Å². The summed E-state index contributed by atoms with van der Waals surface area (Å²) in [5, 5.41) is 2.97. The number of hydrogen-bond donors (Lipinski definition) is 1. The van der Waals surface area contributed by atoms with Crippen molar-refractivity contribution in [1.82, 2.24) is 10.2 Å². The minimum atomic E-state index is -0.469. The van der Waals surface area contributed by atoms with Gasteiger partial charge in [0.25, 0.3) is 0 Å². The van der Waals surface area contributed by atoms with Crippen LogP contribution in [0.15, 0.2) is 24.3 Å². The van der Waals surface area contributed by atoms with Crippen LogP contribution in [0.25, 0.3) is 0 Å². The lowest BCUT2D eigenvalue weighted by Gasteiger charge is -2.29. The first-order valence-electron chi connectivity index (χ1n) is 8.54. The Balaban J connectivity index is 2.91. The van der Waals surface area contributed by atoms with Gasteiger partial charge in [0.15, 0.2) is 0 Å². The summed E-state index contributed by atoms with van der Waals surface area (Å²) in [7, 11) is 0. The van der Waals surface area contributed by atoms with Gasteiger partial charge in [-0.2, -0.15) is 0 Å². The first-order valence-corrected chi connectivity index (χ1v) is 8.54. The van der Waals surface area contributed by atoms with Gasteiger partial charge in [-0.1, -0.05) is 43.7 Å².